The van der Waals surface area contributed by atoms with E-state index in [2.05, 4.69) is 5.32 Å². The Bertz CT molecular complexity index is 369. The third-order valence-electron chi connectivity index (χ3n) is 1.77. The number of halogens is 1. The maximum absolute atomic E-state index is 10.6. The van der Waals surface area contributed by atoms with Gasteiger partial charge in [0.1, 0.15) is 11.8 Å². The standard InChI is InChI=1S/C9H10ClNO4/c10-5-1-2-8(13)6(3-5)11-7(4-12)9(14)15/h1-3,7,11-13H,4H2,(H,14,15)/t7-/m0/s1. The summed E-state index contributed by atoms with van der Waals surface area (Å²) >= 11 is 5.66. The molecule has 0 heterocycles. The number of aliphatic hydroxyl groups is 1. The molecule has 0 amide bonds. The second-order valence-corrected chi connectivity index (χ2v) is 3.32. The van der Waals surface area contributed by atoms with Crippen LogP contribution in [0.5, 0.6) is 5.75 Å². The smallest absolute Gasteiger partial charge is 0.328 e. The van der Waals surface area contributed by atoms with E-state index in [1.165, 1.54) is 18.2 Å². The minimum Gasteiger partial charge on any atom is -0.506 e. The van der Waals surface area contributed by atoms with E-state index >= 15 is 0 Å². The summed E-state index contributed by atoms with van der Waals surface area (Å²) in [5, 5.41) is 29.6. The first-order chi connectivity index (χ1) is 7.04. The minimum atomic E-state index is -1.21. The van der Waals surface area contributed by atoms with Crippen LogP contribution in [0, 0.1) is 0 Å². The molecule has 0 saturated heterocycles. The van der Waals surface area contributed by atoms with Gasteiger partial charge < -0.3 is 20.6 Å². The molecule has 0 aliphatic carbocycles. The number of anilines is 1. The zero-order chi connectivity index (χ0) is 11.4. The first-order valence-corrected chi connectivity index (χ1v) is 4.51. The number of aromatic hydroxyl groups is 1. The van der Waals surface area contributed by atoms with Crippen LogP contribution in [-0.2, 0) is 4.79 Å². The van der Waals surface area contributed by atoms with Crippen LogP contribution in [0.25, 0.3) is 0 Å². The Morgan fingerprint density at radius 1 is 1.53 bits per heavy atom. The highest BCUT2D eigenvalue weighted by molar-refractivity contribution is 6.30. The number of phenols is 1. The van der Waals surface area contributed by atoms with Gasteiger partial charge >= 0.3 is 5.97 Å². The number of aliphatic carboxylic acids is 1. The van der Waals surface area contributed by atoms with Crippen LogP contribution >= 0.6 is 11.6 Å². The average molecular weight is 232 g/mol. The highest BCUT2D eigenvalue weighted by atomic mass is 35.5. The van der Waals surface area contributed by atoms with Gasteiger partial charge in [-0.3, -0.25) is 0 Å². The number of hydrogen-bond acceptors (Lipinski definition) is 4. The van der Waals surface area contributed by atoms with Gasteiger partial charge in [-0.1, -0.05) is 11.6 Å². The summed E-state index contributed by atoms with van der Waals surface area (Å²) in [4.78, 5) is 10.6. The number of aliphatic hydroxyl groups excluding tert-OH is 1. The van der Waals surface area contributed by atoms with E-state index < -0.39 is 18.6 Å². The number of carboxylic acids is 1. The average Bonchev–Trinajstić information content (AvgIpc) is 2.18. The van der Waals surface area contributed by atoms with E-state index in [4.69, 9.17) is 21.8 Å². The molecule has 5 nitrogen and oxygen atoms in total. The van der Waals surface area contributed by atoms with Crippen LogP contribution < -0.4 is 5.32 Å². The van der Waals surface area contributed by atoms with Crippen molar-refractivity contribution in [3.63, 3.8) is 0 Å². The van der Waals surface area contributed by atoms with E-state index in [1.807, 2.05) is 0 Å². The first-order valence-electron chi connectivity index (χ1n) is 4.13. The molecule has 0 spiro atoms. The van der Waals surface area contributed by atoms with Crippen LogP contribution in [0.15, 0.2) is 18.2 Å². The topological polar surface area (TPSA) is 89.8 Å². The first kappa shape index (κ1) is 11.6. The van der Waals surface area contributed by atoms with E-state index in [1.54, 1.807) is 0 Å². The molecule has 0 unspecified atom stereocenters. The SMILES string of the molecule is O=C(O)[C@H](CO)Nc1cc(Cl)ccc1O. The largest absolute Gasteiger partial charge is 0.506 e. The van der Waals surface area contributed by atoms with Gasteiger partial charge in [0.15, 0.2) is 0 Å². The van der Waals surface area contributed by atoms with Crippen molar-refractivity contribution in [3.05, 3.63) is 23.2 Å². The maximum Gasteiger partial charge on any atom is 0.328 e. The van der Waals surface area contributed by atoms with Crippen LogP contribution in [0.4, 0.5) is 5.69 Å². The molecule has 0 aliphatic rings. The van der Waals surface area contributed by atoms with E-state index in [0.29, 0.717) is 5.02 Å². The van der Waals surface area contributed by atoms with Crippen molar-refractivity contribution in [1.29, 1.82) is 0 Å². The zero-order valence-electron chi connectivity index (χ0n) is 7.64. The van der Waals surface area contributed by atoms with Crippen LogP contribution in [-0.4, -0.2) is 33.9 Å². The monoisotopic (exact) mass is 231 g/mol. The number of carboxylic acid groups (broad SMARTS) is 1. The lowest BCUT2D eigenvalue weighted by molar-refractivity contribution is -0.138. The molecular formula is C9H10ClNO4. The summed E-state index contributed by atoms with van der Waals surface area (Å²) in [5.74, 6) is -1.34. The Hall–Kier alpha value is -1.46. The molecule has 0 aromatic heterocycles. The van der Waals surface area contributed by atoms with E-state index in [9.17, 15) is 9.90 Å². The third kappa shape index (κ3) is 3.00. The van der Waals surface area contributed by atoms with Crippen molar-refractivity contribution in [2.45, 2.75) is 6.04 Å². The van der Waals surface area contributed by atoms with Gasteiger partial charge in [0, 0.05) is 5.02 Å². The Kier molecular flexibility index (Phi) is 3.76. The molecule has 1 aromatic carbocycles. The summed E-state index contributed by atoms with van der Waals surface area (Å²) in [6.45, 7) is -0.582. The summed E-state index contributed by atoms with van der Waals surface area (Å²) in [5.41, 5.74) is 0.170. The fraction of sp³-hybridized carbons (Fsp3) is 0.222. The lowest BCUT2D eigenvalue weighted by atomic mass is 10.2. The van der Waals surface area contributed by atoms with E-state index in [-0.39, 0.29) is 11.4 Å². The van der Waals surface area contributed by atoms with Crippen molar-refractivity contribution in [2.24, 2.45) is 0 Å². The molecule has 0 fully saturated rings. The summed E-state index contributed by atoms with van der Waals surface area (Å²) in [6, 6.07) is 3.01. The Balaban J connectivity index is 2.87. The number of carbonyl (C=O) groups is 1. The molecule has 82 valence electrons. The highest BCUT2D eigenvalue weighted by Gasteiger charge is 2.17. The lowest BCUT2D eigenvalue weighted by Crippen LogP contribution is -2.32. The Labute approximate surface area is 90.9 Å². The van der Waals surface area contributed by atoms with Gasteiger partial charge in [-0.25, -0.2) is 4.79 Å². The van der Waals surface area contributed by atoms with Gasteiger partial charge in [0.05, 0.1) is 12.3 Å². The van der Waals surface area contributed by atoms with Crippen molar-refractivity contribution in [2.75, 3.05) is 11.9 Å². The predicted octanol–water partition coefficient (Wildman–Crippen LogP) is 0.903. The van der Waals surface area contributed by atoms with Crippen molar-refractivity contribution in [3.8, 4) is 5.75 Å². The normalized spacial score (nSPS) is 12.1. The molecule has 1 rings (SSSR count). The molecule has 0 saturated carbocycles. The molecule has 0 bridgehead atoms. The Morgan fingerprint density at radius 2 is 2.20 bits per heavy atom. The second-order valence-electron chi connectivity index (χ2n) is 2.88. The van der Waals surface area contributed by atoms with Crippen LogP contribution in [0.2, 0.25) is 5.02 Å². The van der Waals surface area contributed by atoms with Gasteiger partial charge in [0.2, 0.25) is 0 Å². The molecule has 0 aliphatic heterocycles. The van der Waals surface area contributed by atoms with Gasteiger partial charge in [-0.05, 0) is 18.2 Å². The van der Waals surface area contributed by atoms with Crippen molar-refractivity contribution in [1.82, 2.24) is 0 Å². The molecule has 6 heteroatoms. The molecule has 1 aromatic rings. The van der Waals surface area contributed by atoms with Crippen molar-refractivity contribution < 1.29 is 20.1 Å². The van der Waals surface area contributed by atoms with Gasteiger partial charge in [-0.15, -0.1) is 0 Å². The van der Waals surface area contributed by atoms with Crippen LogP contribution in [0.3, 0.4) is 0 Å². The van der Waals surface area contributed by atoms with E-state index in [0.717, 1.165) is 0 Å². The second kappa shape index (κ2) is 4.86. The minimum absolute atomic E-state index is 0.126. The molecule has 15 heavy (non-hydrogen) atoms. The highest BCUT2D eigenvalue weighted by Crippen LogP contribution is 2.26. The summed E-state index contributed by atoms with van der Waals surface area (Å²) in [6.07, 6.45) is 0. The molecule has 0 radical (unpaired) electrons. The molecule has 1 atom stereocenters. The maximum atomic E-state index is 10.6. The summed E-state index contributed by atoms with van der Waals surface area (Å²) < 4.78 is 0. The summed E-state index contributed by atoms with van der Waals surface area (Å²) in [7, 11) is 0. The number of benzene rings is 1. The number of phenolic OH excluding ortho intramolecular Hbond substituents is 1. The van der Waals surface area contributed by atoms with Gasteiger partial charge in [-0.2, -0.15) is 0 Å². The molecule has 4 N–H and O–H groups in total. The van der Waals surface area contributed by atoms with Crippen LogP contribution in [0.1, 0.15) is 0 Å². The van der Waals surface area contributed by atoms with Crippen molar-refractivity contribution >= 4 is 23.3 Å². The Morgan fingerprint density at radius 3 is 2.73 bits per heavy atom. The number of hydrogen-bond donors (Lipinski definition) is 4. The number of nitrogens with one attached hydrogen (secondary N) is 1. The van der Waals surface area contributed by atoms with Gasteiger partial charge in [0.25, 0.3) is 0 Å². The fourth-order valence-corrected chi connectivity index (χ4v) is 1.17. The number of rotatable bonds is 4. The lowest BCUT2D eigenvalue weighted by Gasteiger charge is -2.14. The quantitative estimate of drug-likeness (QED) is 0.578. The zero-order valence-corrected chi connectivity index (χ0v) is 8.40. The third-order valence-corrected chi connectivity index (χ3v) is 2.00. The molecular weight excluding hydrogens is 222 g/mol. The predicted molar refractivity (Wildman–Crippen MR) is 55.2 cm³/mol. The fourth-order valence-electron chi connectivity index (χ4n) is 0.997.